The molecule has 0 spiro atoms. The SMILES string of the molecule is Cc1cc(Nc2cccc(C#N)c2)nc(Nc2ccc(N3CCN(C)CC3)cc2)n1. The fourth-order valence-electron chi connectivity index (χ4n) is 3.45. The molecular formula is C23H25N7. The molecule has 0 amide bonds. The van der Waals surface area contributed by atoms with E-state index in [1.165, 1.54) is 5.69 Å². The second-order valence-corrected chi connectivity index (χ2v) is 7.50. The van der Waals surface area contributed by atoms with Gasteiger partial charge in [-0.1, -0.05) is 6.07 Å². The maximum Gasteiger partial charge on any atom is 0.229 e. The van der Waals surface area contributed by atoms with Gasteiger partial charge in [-0.15, -0.1) is 0 Å². The van der Waals surface area contributed by atoms with Crippen LogP contribution in [0.5, 0.6) is 0 Å². The van der Waals surface area contributed by atoms with E-state index in [1.807, 2.05) is 25.1 Å². The molecule has 1 aliphatic heterocycles. The van der Waals surface area contributed by atoms with Crippen LogP contribution in [0.15, 0.2) is 54.6 Å². The summed E-state index contributed by atoms with van der Waals surface area (Å²) in [6, 6.07) is 19.7. The van der Waals surface area contributed by atoms with Crippen LogP contribution in [0.2, 0.25) is 0 Å². The summed E-state index contributed by atoms with van der Waals surface area (Å²) in [5, 5.41) is 15.6. The van der Waals surface area contributed by atoms with Gasteiger partial charge < -0.3 is 20.4 Å². The fraction of sp³-hybridized carbons (Fsp3) is 0.261. The van der Waals surface area contributed by atoms with Gasteiger partial charge in [0.05, 0.1) is 11.6 Å². The molecule has 0 unspecified atom stereocenters. The maximum atomic E-state index is 9.08. The molecule has 0 saturated carbocycles. The molecule has 4 rings (SSSR count). The summed E-state index contributed by atoms with van der Waals surface area (Å²) >= 11 is 0. The van der Waals surface area contributed by atoms with Crippen molar-refractivity contribution < 1.29 is 0 Å². The highest BCUT2D eigenvalue weighted by Crippen LogP contribution is 2.23. The first-order valence-electron chi connectivity index (χ1n) is 10.0. The Balaban J connectivity index is 1.46. The van der Waals surface area contributed by atoms with Gasteiger partial charge in [0.25, 0.3) is 0 Å². The molecule has 1 aromatic heterocycles. The Labute approximate surface area is 177 Å². The van der Waals surface area contributed by atoms with E-state index < -0.39 is 0 Å². The summed E-state index contributed by atoms with van der Waals surface area (Å²) in [5.41, 5.74) is 4.44. The molecule has 1 saturated heterocycles. The topological polar surface area (TPSA) is 80.1 Å². The lowest BCUT2D eigenvalue weighted by Gasteiger charge is -2.34. The van der Waals surface area contributed by atoms with Gasteiger partial charge in [0, 0.05) is 55.0 Å². The minimum Gasteiger partial charge on any atom is -0.369 e. The second-order valence-electron chi connectivity index (χ2n) is 7.50. The molecule has 30 heavy (non-hydrogen) atoms. The molecule has 1 aliphatic rings. The monoisotopic (exact) mass is 399 g/mol. The van der Waals surface area contributed by atoms with Crippen LogP contribution in [0.4, 0.5) is 28.8 Å². The lowest BCUT2D eigenvalue weighted by molar-refractivity contribution is 0.313. The zero-order chi connectivity index (χ0) is 20.9. The summed E-state index contributed by atoms with van der Waals surface area (Å²) in [6.45, 7) is 6.20. The van der Waals surface area contributed by atoms with Crippen LogP contribution in [0, 0.1) is 18.3 Å². The molecule has 0 bridgehead atoms. The van der Waals surface area contributed by atoms with Gasteiger partial charge in [-0.3, -0.25) is 0 Å². The van der Waals surface area contributed by atoms with E-state index in [1.54, 1.807) is 12.1 Å². The number of nitriles is 1. The average molecular weight is 400 g/mol. The summed E-state index contributed by atoms with van der Waals surface area (Å²) in [5.74, 6) is 1.20. The first-order chi connectivity index (χ1) is 14.6. The third-order valence-electron chi connectivity index (χ3n) is 5.11. The van der Waals surface area contributed by atoms with Crippen molar-refractivity contribution in [3.8, 4) is 6.07 Å². The standard InChI is InChI=1S/C23H25N7/c1-17-14-22(26-20-5-3-4-18(15-20)16-24)28-23(25-17)27-19-6-8-21(9-7-19)30-12-10-29(2)11-13-30/h3-9,14-15H,10-13H2,1-2H3,(H2,25,26,27,28). The number of likely N-dealkylation sites (N-methyl/N-ethyl adjacent to an activating group) is 1. The first-order valence-corrected chi connectivity index (χ1v) is 10.0. The van der Waals surface area contributed by atoms with Crippen molar-refractivity contribution in [3.63, 3.8) is 0 Å². The molecule has 3 aromatic rings. The van der Waals surface area contributed by atoms with Crippen molar-refractivity contribution in [2.45, 2.75) is 6.92 Å². The Kier molecular flexibility index (Phi) is 5.77. The highest BCUT2D eigenvalue weighted by atomic mass is 15.2. The summed E-state index contributed by atoms with van der Waals surface area (Å²) in [4.78, 5) is 13.8. The number of aromatic nitrogens is 2. The van der Waals surface area contributed by atoms with Crippen LogP contribution in [-0.2, 0) is 0 Å². The van der Waals surface area contributed by atoms with E-state index >= 15 is 0 Å². The maximum absolute atomic E-state index is 9.08. The molecule has 2 aromatic carbocycles. The molecular weight excluding hydrogens is 374 g/mol. The van der Waals surface area contributed by atoms with Crippen molar-refractivity contribution in [2.75, 3.05) is 48.8 Å². The predicted octanol–water partition coefficient (Wildman–Crippen LogP) is 3.90. The van der Waals surface area contributed by atoms with Gasteiger partial charge in [-0.05, 0) is 56.4 Å². The molecule has 0 atom stereocenters. The molecule has 7 nitrogen and oxygen atoms in total. The normalized spacial score (nSPS) is 14.2. The predicted molar refractivity (Wildman–Crippen MR) is 121 cm³/mol. The van der Waals surface area contributed by atoms with Crippen molar-refractivity contribution in [2.24, 2.45) is 0 Å². The highest BCUT2D eigenvalue weighted by Gasteiger charge is 2.14. The number of aryl methyl sites for hydroxylation is 1. The summed E-state index contributed by atoms with van der Waals surface area (Å²) in [6.07, 6.45) is 0. The summed E-state index contributed by atoms with van der Waals surface area (Å²) in [7, 11) is 2.16. The number of hydrogen-bond donors (Lipinski definition) is 2. The van der Waals surface area contributed by atoms with Gasteiger partial charge in [-0.25, -0.2) is 4.98 Å². The first kappa shape index (κ1) is 19.7. The van der Waals surface area contributed by atoms with Gasteiger partial charge >= 0.3 is 0 Å². The lowest BCUT2D eigenvalue weighted by atomic mass is 10.2. The number of nitrogens with one attached hydrogen (secondary N) is 2. The van der Waals surface area contributed by atoms with Crippen molar-refractivity contribution >= 4 is 28.8 Å². The third-order valence-corrected chi connectivity index (χ3v) is 5.11. The van der Waals surface area contributed by atoms with Gasteiger partial charge in [0.15, 0.2) is 0 Å². The van der Waals surface area contributed by atoms with E-state index in [4.69, 9.17) is 5.26 Å². The van der Waals surface area contributed by atoms with E-state index in [-0.39, 0.29) is 0 Å². The molecule has 152 valence electrons. The van der Waals surface area contributed by atoms with Gasteiger partial charge in [0.1, 0.15) is 5.82 Å². The van der Waals surface area contributed by atoms with Crippen LogP contribution in [-0.4, -0.2) is 48.1 Å². The minimum atomic E-state index is 0.529. The van der Waals surface area contributed by atoms with E-state index in [0.29, 0.717) is 17.3 Å². The molecule has 0 radical (unpaired) electrons. The number of piperazine rings is 1. The number of benzene rings is 2. The van der Waals surface area contributed by atoms with Crippen LogP contribution in [0.25, 0.3) is 0 Å². The smallest absolute Gasteiger partial charge is 0.229 e. The number of rotatable bonds is 5. The Bertz CT molecular complexity index is 1050. The lowest BCUT2D eigenvalue weighted by Crippen LogP contribution is -2.44. The van der Waals surface area contributed by atoms with Crippen LogP contribution >= 0.6 is 0 Å². The molecule has 1 fully saturated rings. The highest BCUT2D eigenvalue weighted by molar-refractivity contribution is 5.63. The molecule has 2 heterocycles. The third kappa shape index (κ3) is 4.85. The zero-order valence-corrected chi connectivity index (χ0v) is 17.3. The Morgan fingerprint density at radius 3 is 2.40 bits per heavy atom. The van der Waals surface area contributed by atoms with Crippen LogP contribution < -0.4 is 15.5 Å². The Morgan fingerprint density at radius 1 is 0.900 bits per heavy atom. The van der Waals surface area contributed by atoms with Crippen molar-refractivity contribution in [1.82, 2.24) is 14.9 Å². The second kappa shape index (κ2) is 8.80. The van der Waals surface area contributed by atoms with Gasteiger partial charge in [-0.2, -0.15) is 10.2 Å². The number of nitrogens with zero attached hydrogens (tertiary/aromatic N) is 5. The Hall–Kier alpha value is -3.63. The minimum absolute atomic E-state index is 0.529. The molecule has 7 heteroatoms. The van der Waals surface area contributed by atoms with E-state index in [2.05, 4.69) is 67.8 Å². The van der Waals surface area contributed by atoms with Crippen molar-refractivity contribution in [1.29, 1.82) is 5.26 Å². The quantitative estimate of drug-likeness (QED) is 0.673. The number of anilines is 5. The molecule has 2 N–H and O–H groups in total. The molecule has 0 aliphatic carbocycles. The Morgan fingerprint density at radius 2 is 1.67 bits per heavy atom. The zero-order valence-electron chi connectivity index (χ0n) is 17.3. The van der Waals surface area contributed by atoms with Crippen molar-refractivity contribution in [3.05, 3.63) is 65.9 Å². The fourth-order valence-corrected chi connectivity index (χ4v) is 3.45. The van der Waals surface area contributed by atoms with Gasteiger partial charge in [0.2, 0.25) is 5.95 Å². The van der Waals surface area contributed by atoms with E-state index in [0.717, 1.165) is 43.2 Å². The largest absolute Gasteiger partial charge is 0.369 e. The van der Waals surface area contributed by atoms with Crippen LogP contribution in [0.1, 0.15) is 11.3 Å². The number of hydrogen-bond acceptors (Lipinski definition) is 7. The summed E-state index contributed by atoms with van der Waals surface area (Å²) < 4.78 is 0. The van der Waals surface area contributed by atoms with Crippen LogP contribution in [0.3, 0.4) is 0 Å². The average Bonchev–Trinajstić information content (AvgIpc) is 2.75. The van der Waals surface area contributed by atoms with E-state index in [9.17, 15) is 0 Å².